The van der Waals surface area contributed by atoms with Gasteiger partial charge in [-0.3, -0.25) is 4.99 Å². The third-order valence-corrected chi connectivity index (χ3v) is 4.69. The first kappa shape index (κ1) is 22.9. The summed E-state index contributed by atoms with van der Waals surface area (Å²) in [5.41, 5.74) is 5.25. The second-order valence-corrected chi connectivity index (χ2v) is 6.63. The highest BCUT2D eigenvalue weighted by Crippen LogP contribution is 2.17. The molecular weight excluding hydrogens is 480 g/mol. The van der Waals surface area contributed by atoms with Crippen molar-refractivity contribution in [2.45, 2.75) is 26.8 Å². The average molecular weight is 507 g/mol. The molecule has 0 amide bonds. The predicted octanol–water partition coefficient (Wildman–Crippen LogP) is 4.15. The fourth-order valence-electron chi connectivity index (χ4n) is 3.16. The lowest BCUT2D eigenvalue weighted by Crippen LogP contribution is -2.38. The van der Waals surface area contributed by atoms with Crippen molar-refractivity contribution in [3.63, 3.8) is 0 Å². The van der Waals surface area contributed by atoms with Crippen LogP contribution in [0.2, 0.25) is 0 Å². The molecule has 0 radical (unpaired) electrons. The van der Waals surface area contributed by atoms with Gasteiger partial charge in [-0.15, -0.1) is 24.0 Å². The van der Waals surface area contributed by atoms with E-state index >= 15 is 0 Å². The van der Waals surface area contributed by atoms with Crippen LogP contribution >= 0.6 is 24.0 Å². The quantitative estimate of drug-likeness (QED) is 0.300. The van der Waals surface area contributed by atoms with Crippen LogP contribution in [0.1, 0.15) is 22.5 Å². The Morgan fingerprint density at radius 2 is 1.83 bits per heavy atom. The van der Waals surface area contributed by atoms with Gasteiger partial charge in [-0.1, -0.05) is 30.3 Å². The Kier molecular flexibility index (Phi) is 8.63. The summed E-state index contributed by atoms with van der Waals surface area (Å²) in [6, 6.07) is 16.8. The van der Waals surface area contributed by atoms with E-state index in [1.54, 1.807) is 19.2 Å². The molecule has 1 heterocycles. The van der Waals surface area contributed by atoms with Gasteiger partial charge in [0.25, 0.3) is 0 Å². The van der Waals surface area contributed by atoms with Gasteiger partial charge >= 0.3 is 0 Å². The van der Waals surface area contributed by atoms with Crippen LogP contribution in [0.3, 0.4) is 0 Å². The lowest BCUT2D eigenvalue weighted by molar-refractivity contribution is 0.625. The highest BCUT2D eigenvalue weighted by Gasteiger charge is 2.13. The van der Waals surface area contributed by atoms with E-state index < -0.39 is 0 Å². The minimum absolute atomic E-state index is 0. The highest BCUT2D eigenvalue weighted by molar-refractivity contribution is 14.0. The molecule has 5 nitrogen and oxygen atoms in total. The van der Waals surface area contributed by atoms with Crippen LogP contribution in [0.4, 0.5) is 4.39 Å². The van der Waals surface area contributed by atoms with Gasteiger partial charge in [0.15, 0.2) is 5.96 Å². The lowest BCUT2D eigenvalue weighted by Gasteiger charge is -2.12. The van der Waals surface area contributed by atoms with Gasteiger partial charge in [-0.2, -0.15) is 5.10 Å². The summed E-state index contributed by atoms with van der Waals surface area (Å²) in [6.07, 6.45) is 0.725. The van der Waals surface area contributed by atoms with E-state index in [0.717, 1.165) is 34.6 Å². The van der Waals surface area contributed by atoms with Crippen LogP contribution in [0.25, 0.3) is 5.69 Å². The number of benzene rings is 2. The van der Waals surface area contributed by atoms with Crippen molar-refractivity contribution in [1.82, 2.24) is 20.4 Å². The third-order valence-electron chi connectivity index (χ3n) is 4.69. The largest absolute Gasteiger partial charge is 0.356 e. The molecule has 0 bridgehead atoms. The van der Waals surface area contributed by atoms with Crippen LogP contribution in [-0.2, 0) is 13.0 Å². The van der Waals surface area contributed by atoms with Crippen molar-refractivity contribution in [2.75, 3.05) is 13.6 Å². The second-order valence-electron chi connectivity index (χ2n) is 6.63. The van der Waals surface area contributed by atoms with Crippen molar-refractivity contribution in [3.05, 3.63) is 82.9 Å². The summed E-state index contributed by atoms with van der Waals surface area (Å²) in [7, 11) is 1.74. The van der Waals surface area contributed by atoms with E-state index in [4.69, 9.17) is 0 Å². The molecule has 2 aromatic carbocycles. The molecule has 3 rings (SSSR count). The third kappa shape index (κ3) is 6.03. The van der Waals surface area contributed by atoms with Crippen molar-refractivity contribution in [3.8, 4) is 5.69 Å². The Bertz CT molecular complexity index is 953. The normalized spacial score (nSPS) is 11.1. The Balaban J connectivity index is 0.00000300. The van der Waals surface area contributed by atoms with Crippen LogP contribution < -0.4 is 10.6 Å². The number of halogens is 2. The molecule has 0 saturated carbocycles. The summed E-state index contributed by atoms with van der Waals surface area (Å²) in [6.45, 7) is 5.39. The van der Waals surface area contributed by atoms with Gasteiger partial charge in [0.1, 0.15) is 5.82 Å². The predicted molar refractivity (Wildman–Crippen MR) is 127 cm³/mol. The molecule has 0 saturated heterocycles. The number of aromatic nitrogens is 2. The van der Waals surface area contributed by atoms with Crippen LogP contribution in [0, 0.1) is 19.7 Å². The smallest absolute Gasteiger partial charge is 0.191 e. The number of rotatable bonds is 6. The molecule has 0 fully saturated rings. The van der Waals surface area contributed by atoms with Gasteiger partial charge in [0, 0.05) is 31.4 Å². The van der Waals surface area contributed by atoms with Crippen LogP contribution in [0.5, 0.6) is 0 Å². The number of aryl methyl sites for hydroxylation is 1. The van der Waals surface area contributed by atoms with Gasteiger partial charge < -0.3 is 10.6 Å². The standard InChI is InChI=1S/C22H26FN5.HI/c1-16-21(17(2)28(27-16)20-10-5-4-6-11-20)15-26-22(24-3)25-13-12-18-8-7-9-19(23)14-18;/h4-11,14H,12-13,15H2,1-3H3,(H2,24,25,26);1H. The van der Waals surface area contributed by atoms with Crippen LogP contribution in [0.15, 0.2) is 59.6 Å². The van der Waals surface area contributed by atoms with Gasteiger partial charge in [-0.05, 0) is 50.1 Å². The molecule has 0 spiro atoms. The maximum atomic E-state index is 13.3. The summed E-state index contributed by atoms with van der Waals surface area (Å²) >= 11 is 0. The number of hydrogen-bond donors (Lipinski definition) is 2. The summed E-state index contributed by atoms with van der Waals surface area (Å²) in [4.78, 5) is 4.27. The molecule has 3 aromatic rings. The molecule has 29 heavy (non-hydrogen) atoms. The van der Waals surface area contributed by atoms with Gasteiger partial charge in [-0.25, -0.2) is 9.07 Å². The molecule has 0 atom stereocenters. The molecule has 0 aliphatic heterocycles. The van der Waals surface area contributed by atoms with Gasteiger partial charge in [0.2, 0.25) is 0 Å². The van der Waals surface area contributed by atoms with Crippen molar-refractivity contribution in [2.24, 2.45) is 4.99 Å². The minimum Gasteiger partial charge on any atom is -0.356 e. The second kappa shape index (κ2) is 10.9. The fraction of sp³-hybridized carbons (Fsp3) is 0.273. The van der Waals surface area contributed by atoms with E-state index in [-0.39, 0.29) is 29.8 Å². The Labute approximate surface area is 188 Å². The fourth-order valence-corrected chi connectivity index (χ4v) is 3.16. The first-order chi connectivity index (χ1) is 13.6. The molecular formula is C22H27FIN5. The summed E-state index contributed by atoms with van der Waals surface area (Å²) < 4.78 is 15.2. The average Bonchev–Trinajstić information content (AvgIpc) is 2.99. The molecule has 7 heteroatoms. The van der Waals surface area contributed by atoms with E-state index in [0.29, 0.717) is 19.0 Å². The van der Waals surface area contributed by atoms with E-state index in [2.05, 4.69) is 27.6 Å². The molecule has 154 valence electrons. The highest BCUT2D eigenvalue weighted by atomic mass is 127. The zero-order valence-corrected chi connectivity index (χ0v) is 19.3. The first-order valence-electron chi connectivity index (χ1n) is 9.38. The Morgan fingerprint density at radius 3 is 2.52 bits per heavy atom. The van der Waals surface area contributed by atoms with E-state index in [1.807, 2.05) is 48.0 Å². The number of aliphatic imine (C=N–C) groups is 1. The first-order valence-corrected chi connectivity index (χ1v) is 9.38. The number of guanidine groups is 1. The number of nitrogens with zero attached hydrogens (tertiary/aromatic N) is 3. The Hall–Kier alpha value is -2.42. The number of para-hydroxylation sites is 1. The number of hydrogen-bond acceptors (Lipinski definition) is 2. The summed E-state index contributed by atoms with van der Waals surface area (Å²) in [5.74, 6) is 0.504. The SMILES string of the molecule is CN=C(NCCc1cccc(F)c1)NCc1c(C)nn(-c2ccccc2)c1C.I. The zero-order chi connectivity index (χ0) is 19.9. The number of nitrogens with one attached hydrogen (secondary N) is 2. The maximum Gasteiger partial charge on any atom is 0.191 e. The van der Waals surface area contributed by atoms with E-state index in [9.17, 15) is 4.39 Å². The van der Waals surface area contributed by atoms with Crippen molar-refractivity contribution >= 4 is 29.9 Å². The summed E-state index contributed by atoms with van der Waals surface area (Å²) in [5, 5.41) is 11.3. The topological polar surface area (TPSA) is 54.2 Å². The maximum absolute atomic E-state index is 13.3. The zero-order valence-electron chi connectivity index (χ0n) is 16.9. The van der Waals surface area contributed by atoms with Crippen molar-refractivity contribution < 1.29 is 4.39 Å². The Morgan fingerprint density at radius 1 is 1.07 bits per heavy atom. The van der Waals surface area contributed by atoms with Crippen molar-refractivity contribution in [1.29, 1.82) is 0 Å². The lowest BCUT2D eigenvalue weighted by atomic mass is 10.1. The van der Waals surface area contributed by atoms with Gasteiger partial charge in [0.05, 0.1) is 11.4 Å². The minimum atomic E-state index is -0.207. The molecule has 0 aliphatic carbocycles. The molecule has 2 N–H and O–H groups in total. The molecule has 0 unspecified atom stereocenters. The van der Waals surface area contributed by atoms with Crippen LogP contribution in [-0.4, -0.2) is 29.3 Å². The monoisotopic (exact) mass is 507 g/mol. The molecule has 0 aliphatic rings. The van der Waals surface area contributed by atoms with E-state index in [1.165, 1.54) is 6.07 Å². The molecule has 1 aromatic heterocycles.